The van der Waals surface area contributed by atoms with E-state index in [0.29, 0.717) is 18.1 Å². The molecule has 0 heterocycles. The highest BCUT2D eigenvalue weighted by atomic mass is 35.5. The van der Waals surface area contributed by atoms with Gasteiger partial charge in [0.25, 0.3) is 0 Å². The van der Waals surface area contributed by atoms with Crippen LogP contribution in [0.4, 0.5) is 0 Å². The van der Waals surface area contributed by atoms with Gasteiger partial charge in [-0.1, -0.05) is 48.9 Å². The third-order valence-corrected chi connectivity index (χ3v) is 4.90. The Kier molecular flexibility index (Phi) is 8.33. The van der Waals surface area contributed by atoms with Crippen molar-refractivity contribution in [3.63, 3.8) is 0 Å². The molecule has 0 saturated carbocycles. The zero-order chi connectivity index (χ0) is 20.5. The minimum Gasteiger partial charge on any atom is -0.497 e. The van der Waals surface area contributed by atoms with Gasteiger partial charge >= 0.3 is 0 Å². The molecule has 0 aromatic heterocycles. The second-order valence-corrected chi connectivity index (χ2v) is 7.01. The number of ether oxygens (including phenoxy) is 1. The van der Waals surface area contributed by atoms with Gasteiger partial charge in [0, 0.05) is 18.1 Å². The summed E-state index contributed by atoms with van der Waals surface area (Å²) in [7, 11) is 1.61. The Labute approximate surface area is 171 Å². The fourth-order valence-corrected chi connectivity index (χ4v) is 3.01. The summed E-state index contributed by atoms with van der Waals surface area (Å²) >= 11 is 6.21. The van der Waals surface area contributed by atoms with Crippen molar-refractivity contribution in [1.29, 1.82) is 0 Å². The molecule has 0 spiro atoms. The Morgan fingerprint density at radius 3 is 2.43 bits per heavy atom. The van der Waals surface area contributed by atoms with Crippen LogP contribution in [-0.2, 0) is 22.6 Å². The summed E-state index contributed by atoms with van der Waals surface area (Å²) in [5.41, 5.74) is 1.67. The van der Waals surface area contributed by atoms with Crippen LogP contribution in [-0.4, -0.2) is 36.4 Å². The highest BCUT2D eigenvalue weighted by molar-refractivity contribution is 6.31. The Balaban J connectivity index is 2.22. The lowest BCUT2D eigenvalue weighted by Crippen LogP contribution is -2.48. The quantitative estimate of drug-likeness (QED) is 0.693. The third-order valence-electron chi connectivity index (χ3n) is 4.53. The molecule has 0 aliphatic rings. The van der Waals surface area contributed by atoms with Crippen molar-refractivity contribution in [2.75, 3.05) is 13.7 Å². The second kappa shape index (κ2) is 10.7. The minimum absolute atomic E-state index is 0.140. The van der Waals surface area contributed by atoms with Gasteiger partial charge in [-0.25, -0.2) is 0 Å². The largest absolute Gasteiger partial charge is 0.497 e. The first-order chi connectivity index (χ1) is 13.5. The Hall–Kier alpha value is -2.53. The number of carbonyl (C=O) groups excluding carboxylic acids is 2. The second-order valence-electron chi connectivity index (χ2n) is 6.60. The molecule has 5 nitrogen and oxygen atoms in total. The highest BCUT2D eigenvalue weighted by Crippen LogP contribution is 2.19. The van der Waals surface area contributed by atoms with Crippen molar-refractivity contribution in [3.8, 4) is 5.75 Å². The molecule has 0 aliphatic heterocycles. The molecule has 2 rings (SSSR count). The van der Waals surface area contributed by atoms with Gasteiger partial charge in [-0.05, 0) is 42.7 Å². The van der Waals surface area contributed by atoms with E-state index in [4.69, 9.17) is 16.3 Å². The van der Waals surface area contributed by atoms with Crippen molar-refractivity contribution >= 4 is 23.4 Å². The van der Waals surface area contributed by atoms with Crippen molar-refractivity contribution in [2.45, 2.75) is 39.3 Å². The van der Waals surface area contributed by atoms with E-state index in [1.807, 2.05) is 49.4 Å². The molecule has 6 heteroatoms. The number of carbonyl (C=O) groups is 2. The Morgan fingerprint density at radius 1 is 1.14 bits per heavy atom. The summed E-state index contributed by atoms with van der Waals surface area (Å²) in [6.07, 6.45) is 0.978. The number of hydrogen-bond donors (Lipinski definition) is 1. The first kappa shape index (κ1) is 21.8. The summed E-state index contributed by atoms with van der Waals surface area (Å²) in [4.78, 5) is 27.2. The van der Waals surface area contributed by atoms with Crippen LogP contribution >= 0.6 is 11.6 Å². The van der Waals surface area contributed by atoms with E-state index in [1.54, 1.807) is 25.0 Å². The molecular weight excluding hydrogens is 376 g/mol. The number of benzene rings is 2. The molecule has 2 aromatic carbocycles. The van der Waals surface area contributed by atoms with Crippen LogP contribution in [0.25, 0.3) is 0 Å². The van der Waals surface area contributed by atoms with Gasteiger partial charge in [-0.2, -0.15) is 0 Å². The van der Waals surface area contributed by atoms with Gasteiger partial charge in [0.1, 0.15) is 11.8 Å². The van der Waals surface area contributed by atoms with E-state index >= 15 is 0 Å². The molecule has 2 aromatic rings. The third kappa shape index (κ3) is 5.99. The van der Waals surface area contributed by atoms with Gasteiger partial charge in [-0.3, -0.25) is 9.59 Å². The zero-order valence-corrected chi connectivity index (χ0v) is 17.3. The highest BCUT2D eigenvalue weighted by Gasteiger charge is 2.26. The molecule has 0 aliphatic carbocycles. The van der Waals surface area contributed by atoms with Crippen molar-refractivity contribution in [1.82, 2.24) is 10.2 Å². The first-order valence-corrected chi connectivity index (χ1v) is 9.77. The van der Waals surface area contributed by atoms with Gasteiger partial charge in [0.2, 0.25) is 11.8 Å². The number of nitrogens with one attached hydrogen (secondary N) is 1. The summed E-state index contributed by atoms with van der Waals surface area (Å²) in [6.45, 7) is 4.65. The van der Waals surface area contributed by atoms with E-state index in [1.165, 1.54) is 0 Å². The molecule has 1 atom stereocenters. The van der Waals surface area contributed by atoms with E-state index in [9.17, 15) is 9.59 Å². The summed E-state index contributed by atoms with van der Waals surface area (Å²) in [5.74, 6) is 0.428. The van der Waals surface area contributed by atoms with Crippen LogP contribution in [0.2, 0.25) is 5.02 Å². The van der Waals surface area contributed by atoms with Crippen LogP contribution in [0.3, 0.4) is 0 Å². The lowest BCUT2D eigenvalue weighted by molar-refractivity contribution is -0.140. The predicted molar refractivity (Wildman–Crippen MR) is 111 cm³/mol. The maximum Gasteiger partial charge on any atom is 0.242 e. The fraction of sp³-hybridized carbons (Fsp3) is 0.364. The van der Waals surface area contributed by atoms with E-state index in [0.717, 1.165) is 23.3 Å². The topological polar surface area (TPSA) is 58.6 Å². The van der Waals surface area contributed by atoms with E-state index in [-0.39, 0.29) is 18.2 Å². The molecule has 1 N–H and O–H groups in total. The van der Waals surface area contributed by atoms with Gasteiger partial charge in [0.15, 0.2) is 0 Å². The molecule has 0 radical (unpaired) electrons. The molecule has 150 valence electrons. The Bertz CT molecular complexity index is 793. The van der Waals surface area contributed by atoms with Gasteiger partial charge in [0.05, 0.1) is 13.5 Å². The van der Waals surface area contributed by atoms with Crippen molar-refractivity contribution < 1.29 is 14.3 Å². The normalized spacial score (nSPS) is 11.6. The number of methoxy groups -OCH3 is 1. The molecule has 2 amide bonds. The predicted octanol–water partition coefficient (Wildman–Crippen LogP) is 3.83. The fourth-order valence-electron chi connectivity index (χ4n) is 2.81. The van der Waals surface area contributed by atoms with Crippen LogP contribution in [0.1, 0.15) is 31.4 Å². The van der Waals surface area contributed by atoms with Crippen LogP contribution in [0, 0.1) is 0 Å². The summed E-state index contributed by atoms with van der Waals surface area (Å²) in [6, 6.07) is 14.1. The molecule has 28 heavy (non-hydrogen) atoms. The molecule has 0 bridgehead atoms. The minimum atomic E-state index is -0.594. The first-order valence-electron chi connectivity index (χ1n) is 9.39. The molecule has 0 unspecified atom stereocenters. The monoisotopic (exact) mass is 402 g/mol. The average Bonchev–Trinajstić information content (AvgIpc) is 2.71. The van der Waals surface area contributed by atoms with Gasteiger partial charge in [-0.15, -0.1) is 0 Å². The smallest absolute Gasteiger partial charge is 0.242 e. The number of nitrogens with zero attached hydrogens (tertiary/aromatic N) is 1. The lowest BCUT2D eigenvalue weighted by Gasteiger charge is -2.29. The van der Waals surface area contributed by atoms with Crippen LogP contribution in [0.15, 0.2) is 48.5 Å². The number of halogens is 1. The maximum absolute atomic E-state index is 13.1. The molecular formula is C22H27ClN2O3. The SMILES string of the molecule is CCCNC(=O)[C@@H](C)N(Cc1ccc(OC)cc1)C(=O)Cc1ccccc1Cl. The summed E-state index contributed by atoms with van der Waals surface area (Å²) < 4.78 is 5.18. The Morgan fingerprint density at radius 2 is 1.82 bits per heavy atom. The number of amides is 2. The van der Waals surface area contributed by atoms with Crippen LogP contribution < -0.4 is 10.1 Å². The number of hydrogen-bond acceptors (Lipinski definition) is 3. The van der Waals surface area contributed by atoms with Crippen molar-refractivity contribution in [2.24, 2.45) is 0 Å². The van der Waals surface area contributed by atoms with Gasteiger partial charge < -0.3 is 15.0 Å². The standard InChI is InChI=1S/C22H27ClN2O3/c1-4-13-24-22(27)16(2)25(15-17-9-11-19(28-3)12-10-17)21(26)14-18-7-5-6-8-20(18)23/h5-12,16H,4,13-15H2,1-3H3,(H,24,27)/t16-/m1/s1. The zero-order valence-electron chi connectivity index (χ0n) is 16.6. The maximum atomic E-state index is 13.1. The average molecular weight is 403 g/mol. The van der Waals surface area contributed by atoms with Crippen LogP contribution in [0.5, 0.6) is 5.75 Å². The van der Waals surface area contributed by atoms with E-state index < -0.39 is 6.04 Å². The molecule has 0 saturated heterocycles. The van der Waals surface area contributed by atoms with Crippen molar-refractivity contribution in [3.05, 3.63) is 64.7 Å². The van der Waals surface area contributed by atoms with E-state index in [2.05, 4.69) is 5.32 Å². The number of rotatable bonds is 9. The lowest BCUT2D eigenvalue weighted by atomic mass is 10.1. The summed E-state index contributed by atoms with van der Waals surface area (Å²) in [5, 5.41) is 3.41. The molecule has 0 fully saturated rings.